The molecule has 132 valence electrons. The van der Waals surface area contributed by atoms with E-state index in [0.717, 1.165) is 48.6 Å². The molecule has 1 fully saturated rings. The summed E-state index contributed by atoms with van der Waals surface area (Å²) >= 11 is 0. The summed E-state index contributed by atoms with van der Waals surface area (Å²) in [7, 11) is 1.74. The van der Waals surface area contributed by atoms with Crippen molar-refractivity contribution < 1.29 is 13.9 Å². The highest BCUT2D eigenvalue weighted by molar-refractivity contribution is 14.0. The van der Waals surface area contributed by atoms with Crippen molar-refractivity contribution in [1.82, 2.24) is 10.2 Å². The summed E-state index contributed by atoms with van der Waals surface area (Å²) in [5.41, 5.74) is 1.63. The third-order valence-corrected chi connectivity index (χ3v) is 4.38. The smallest absolute Gasteiger partial charge is 0.194 e. The Hall–Kier alpha value is -1.35. The van der Waals surface area contributed by atoms with E-state index in [1.54, 1.807) is 13.1 Å². The fourth-order valence-electron chi connectivity index (χ4n) is 2.98. The monoisotopic (exact) mass is 447 g/mol. The van der Waals surface area contributed by atoms with Crippen LogP contribution in [0.3, 0.4) is 0 Å². The van der Waals surface area contributed by atoms with Crippen molar-refractivity contribution in [3.05, 3.63) is 35.3 Å². The average molecular weight is 447 g/mol. The Bertz CT molecular complexity index is 724. The van der Waals surface area contributed by atoms with Crippen molar-refractivity contribution in [3.8, 4) is 0 Å². The first-order chi connectivity index (χ1) is 11.1. The Morgan fingerprint density at radius 1 is 1.42 bits per heavy atom. The number of nitrogens with one attached hydrogen (secondary N) is 1. The van der Waals surface area contributed by atoms with Gasteiger partial charge in [0.15, 0.2) is 5.96 Å². The molecule has 2 aromatic rings. The van der Waals surface area contributed by atoms with E-state index in [0.29, 0.717) is 12.1 Å². The van der Waals surface area contributed by atoms with Gasteiger partial charge in [0.05, 0.1) is 12.6 Å². The number of halogens is 2. The van der Waals surface area contributed by atoms with E-state index in [9.17, 15) is 9.50 Å². The Labute approximate surface area is 157 Å². The summed E-state index contributed by atoms with van der Waals surface area (Å²) in [4.78, 5) is 6.43. The number of rotatable bonds is 2. The van der Waals surface area contributed by atoms with Crippen LogP contribution in [-0.2, 0) is 6.54 Å². The molecule has 1 aromatic heterocycles. The first-order valence-corrected chi connectivity index (χ1v) is 7.89. The van der Waals surface area contributed by atoms with Crippen molar-refractivity contribution in [3.63, 3.8) is 0 Å². The highest BCUT2D eigenvalue weighted by atomic mass is 127. The number of furan rings is 1. The van der Waals surface area contributed by atoms with E-state index in [2.05, 4.69) is 15.2 Å². The number of benzene rings is 1. The second-order valence-corrected chi connectivity index (χ2v) is 5.91. The third kappa shape index (κ3) is 4.00. The number of hydrogen-bond donors (Lipinski definition) is 2. The molecule has 2 heterocycles. The second-order valence-electron chi connectivity index (χ2n) is 5.91. The Morgan fingerprint density at radius 3 is 2.79 bits per heavy atom. The number of likely N-dealkylation sites (tertiary alicyclic amines) is 1. The number of aliphatic hydroxyl groups excluding tert-OH is 1. The van der Waals surface area contributed by atoms with Gasteiger partial charge in [-0.15, -0.1) is 24.0 Å². The topological polar surface area (TPSA) is 61.0 Å². The van der Waals surface area contributed by atoms with Gasteiger partial charge in [-0.3, -0.25) is 4.99 Å². The molecule has 7 heteroatoms. The highest BCUT2D eigenvalue weighted by Gasteiger charge is 2.20. The number of guanidine groups is 1. The van der Waals surface area contributed by atoms with E-state index in [4.69, 9.17) is 4.42 Å². The largest absolute Gasteiger partial charge is 0.459 e. The Morgan fingerprint density at radius 2 is 2.12 bits per heavy atom. The number of aryl methyl sites for hydroxylation is 1. The maximum atomic E-state index is 13.4. The van der Waals surface area contributed by atoms with Crippen LogP contribution in [0, 0.1) is 12.7 Å². The standard InChI is InChI=1S/C17H22FN3O2.HI/c1-11-14-9-12(18)3-4-15(14)23-16(11)10-20-17(19-2)21-7-5-13(22)6-8-21;/h3-4,9,13,22H,5-8,10H2,1-2H3,(H,19,20);1H. The fourth-order valence-corrected chi connectivity index (χ4v) is 2.98. The molecule has 0 radical (unpaired) electrons. The number of aliphatic imine (C=N–C) groups is 1. The zero-order chi connectivity index (χ0) is 16.4. The predicted octanol–water partition coefficient (Wildman–Crippen LogP) is 3.03. The molecule has 0 amide bonds. The van der Waals surface area contributed by atoms with E-state index in [1.165, 1.54) is 12.1 Å². The fraction of sp³-hybridized carbons (Fsp3) is 0.471. The predicted molar refractivity (Wildman–Crippen MR) is 103 cm³/mol. The van der Waals surface area contributed by atoms with Gasteiger partial charge in [0, 0.05) is 31.1 Å². The van der Waals surface area contributed by atoms with Crippen molar-refractivity contribution in [2.45, 2.75) is 32.4 Å². The number of fused-ring (bicyclic) bond motifs is 1. The molecule has 0 saturated carbocycles. The lowest BCUT2D eigenvalue weighted by Gasteiger charge is -2.32. The van der Waals surface area contributed by atoms with Gasteiger partial charge in [-0.2, -0.15) is 0 Å². The molecule has 0 unspecified atom stereocenters. The van der Waals surface area contributed by atoms with Gasteiger partial charge in [0.25, 0.3) is 0 Å². The van der Waals surface area contributed by atoms with Crippen LogP contribution in [0.1, 0.15) is 24.2 Å². The van der Waals surface area contributed by atoms with Crippen LogP contribution in [0.5, 0.6) is 0 Å². The minimum atomic E-state index is -0.261. The summed E-state index contributed by atoms with van der Waals surface area (Å²) in [6.45, 7) is 3.99. The van der Waals surface area contributed by atoms with Gasteiger partial charge in [0.1, 0.15) is 17.2 Å². The van der Waals surface area contributed by atoms with Crippen LogP contribution in [0.25, 0.3) is 11.0 Å². The number of aliphatic hydroxyl groups is 1. The molecule has 5 nitrogen and oxygen atoms in total. The minimum Gasteiger partial charge on any atom is -0.459 e. The molecule has 1 aliphatic heterocycles. The maximum absolute atomic E-state index is 13.4. The van der Waals surface area contributed by atoms with Crippen LogP contribution >= 0.6 is 24.0 Å². The molecular weight excluding hydrogens is 424 g/mol. The summed E-state index contributed by atoms with van der Waals surface area (Å²) in [5, 5.41) is 13.7. The van der Waals surface area contributed by atoms with Gasteiger partial charge in [-0.25, -0.2) is 4.39 Å². The third-order valence-electron chi connectivity index (χ3n) is 4.38. The van der Waals surface area contributed by atoms with Crippen LogP contribution in [0.15, 0.2) is 27.6 Å². The van der Waals surface area contributed by atoms with E-state index >= 15 is 0 Å². The SMILES string of the molecule is CN=C(NCc1oc2ccc(F)cc2c1C)N1CCC(O)CC1.I. The van der Waals surface area contributed by atoms with Crippen LogP contribution in [-0.4, -0.2) is 42.2 Å². The quantitative estimate of drug-likeness (QED) is 0.422. The summed E-state index contributed by atoms with van der Waals surface area (Å²) in [6, 6.07) is 4.56. The molecule has 2 N–H and O–H groups in total. The molecule has 0 atom stereocenters. The highest BCUT2D eigenvalue weighted by Crippen LogP contribution is 2.26. The van der Waals surface area contributed by atoms with Crippen molar-refractivity contribution >= 4 is 40.9 Å². The van der Waals surface area contributed by atoms with Gasteiger partial charge < -0.3 is 19.7 Å². The van der Waals surface area contributed by atoms with Crippen molar-refractivity contribution in [2.24, 2.45) is 4.99 Å². The molecule has 1 saturated heterocycles. The van der Waals surface area contributed by atoms with Gasteiger partial charge in [-0.05, 0) is 38.0 Å². The second kappa shape index (κ2) is 8.15. The van der Waals surface area contributed by atoms with Crippen molar-refractivity contribution in [1.29, 1.82) is 0 Å². The number of hydrogen-bond acceptors (Lipinski definition) is 3. The van der Waals surface area contributed by atoms with Crippen LogP contribution in [0.2, 0.25) is 0 Å². The maximum Gasteiger partial charge on any atom is 0.194 e. The van der Waals surface area contributed by atoms with E-state index in [-0.39, 0.29) is 35.9 Å². The molecule has 1 aliphatic rings. The first-order valence-electron chi connectivity index (χ1n) is 7.89. The molecular formula is C17H23FIN3O2. The lowest BCUT2D eigenvalue weighted by Crippen LogP contribution is -2.46. The van der Waals surface area contributed by atoms with Gasteiger partial charge in [0.2, 0.25) is 0 Å². The lowest BCUT2D eigenvalue weighted by molar-refractivity contribution is 0.108. The molecule has 0 aliphatic carbocycles. The van der Waals surface area contributed by atoms with Crippen molar-refractivity contribution in [2.75, 3.05) is 20.1 Å². The minimum absolute atomic E-state index is 0. The zero-order valence-corrected chi connectivity index (χ0v) is 16.2. The first kappa shape index (κ1) is 19.0. The van der Waals surface area contributed by atoms with Crippen LogP contribution < -0.4 is 5.32 Å². The Kier molecular flexibility index (Phi) is 6.45. The zero-order valence-electron chi connectivity index (χ0n) is 13.9. The summed E-state index contributed by atoms with van der Waals surface area (Å²) in [6.07, 6.45) is 1.30. The van der Waals surface area contributed by atoms with Gasteiger partial charge in [-0.1, -0.05) is 0 Å². The molecule has 0 bridgehead atoms. The number of piperidine rings is 1. The normalized spacial score (nSPS) is 16.3. The molecule has 24 heavy (non-hydrogen) atoms. The van der Waals surface area contributed by atoms with Gasteiger partial charge >= 0.3 is 0 Å². The summed E-state index contributed by atoms with van der Waals surface area (Å²) < 4.78 is 19.2. The van der Waals surface area contributed by atoms with E-state index in [1.807, 2.05) is 6.92 Å². The van der Waals surface area contributed by atoms with Crippen LogP contribution in [0.4, 0.5) is 4.39 Å². The average Bonchev–Trinajstić information content (AvgIpc) is 2.86. The molecule has 1 aromatic carbocycles. The molecule has 3 rings (SSSR count). The Balaban J connectivity index is 0.00000208. The summed E-state index contributed by atoms with van der Waals surface area (Å²) in [5.74, 6) is 1.32. The lowest BCUT2D eigenvalue weighted by atomic mass is 10.1. The van der Waals surface area contributed by atoms with E-state index < -0.39 is 0 Å². The molecule has 0 spiro atoms. The number of nitrogens with zero attached hydrogens (tertiary/aromatic N) is 2.